The summed E-state index contributed by atoms with van der Waals surface area (Å²) in [6.07, 6.45) is 4.62. The second-order valence-electron chi connectivity index (χ2n) is 4.03. The van der Waals surface area contributed by atoms with Gasteiger partial charge in [-0.05, 0) is 25.7 Å². The van der Waals surface area contributed by atoms with Crippen LogP contribution in [-0.4, -0.2) is 43.2 Å². The molecule has 1 saturated heterocycles. The molecule has 0 aromatic heterocycles. The first kappa shape index (κ1) is 12.5. The lowest BCUT2D eigenvalue weighted by atomic mass is 10.1. The van der Waals surface area contributed by atoms with Gasteiger partial charge >= 0.3 is 0 Å². The van der Waals surface area contributed by atoms with Gasteiger partial charge in [0.25, 0.3) is 0 Å². The molecule has 1 amide bonds. The maximum atomic E-state index is 11.5. The second-order valence-corrected chi connectivity index (χ2v) is 4.03. The molecule has 0 saturated carbocycles. The number of carbonyl (C=O) groups is 1. The predicted molar refractivity (Wildman–Crippen MR) is 59.5 cm³/mol. The van der Waals surface area contributed by atoms with Crippen molar-refractivity contribution in [1.29, 1.82) is 0 Å². The molecule has 1 atom stereocenters. The van der Waals surface area contributed by atoms with Gasteiger partial charge in [0.05, 0.1) is 12.6 Å². The van der Waals surface area contributed by atoms with Crippen LogP contribution in [0.4, 0.5) is 0 Å². The van der Waals surface area contributed by atoms with Crippen LogP contribution in [0.3, 0.4) is 0 Å². The van der Waals surface area contributed by atoms with Gasteiger partial charge in [0.1, 0.15) is 0 Å². The van der Waals surface area contributed by atoms with E-state index >= 15 is 0 Å². The van der Waals surface area contributed by atoms with Crippen LogP contribution in [0.5, 0.6) is 0 Å². The third-order valence-electron chi connectivity index (χ3n) is 2.72. The fraction of sp³-hybridized carbons (Fsp3) is 0.909. The monoisotopic (exact) mass is 214 g/mol. The third kappa shape index (κ3) is 4.18. The molecule has 0 spiro atoms. The van der Waals surface area contributed by atoms with E-state index in [1.165, 1.54) is 6.42 Å². The molecule has 15 heavy (non-hydrogen) atoms. The Bertz CT molecular complexity index is 191. The van der Waals surface area contributed by atoms with Gasteiger partial charge in [-0.2, -0.15) is 0 Å². The molecule has 1 aliphatic rings. The van der Waals surface area contributed by atoms with Crippen molar-refractivity contribution in [2.45, 2.75) is 38.7 Å². The Kier molecular flexibility index (Phi) is 5.65. The first-order chi connectivity index (χ1) is 7.27. The van der Waals surface area contributed by atoms with Crippen molar-refractivity contribution >= 4 is 5.91 Å². The fourth-order valence-electron chi connectivity index (χ4n) is 1.91. The van der Waals surface area contributed by atoms with Crippen molar-refractivity contribution in [2.75, 3.05) is 26.2 Å². The fourth-order valence-corrected chi connectivity index (χ4v) is 1.91. The van der Waals surface area contributed by atoms with E-state index in [1.807, 2.05) is 4.90 Å². The topological polar surface area (TPSA) is 55.6 Å². The Morgan fingerprint density at radius 2 is 2.33 bits per heavy atom. The van der Waals surface area contributed by atoms with Crippen LogP contribution in [0.2, 0.25) is 0 Å². The van der Waals surface area contributed by atoms with Crippen molar-refractivity contribution < 1.29 is 9.53 Å². The molecule has 0 aromatic rings. The zero-order valence-electron chi connectivity index (χ0n) is 9.58. The number of hydrogen-bond acceptors (Lipinski definition) is 3. The van der Waals surface area contributed by atoms with E-state index in [2.05, 4.69) is 6.92 Å². The number of nitrogens with two attached hydrogens (primary N) is 1. The molecule has 1 unspecified atom stereocenters. The first-order valence-electron chi connectivity index (χ1n) is 5.87. The number of hydrogen-bond donors (Lipinski definition) is 1. The zero-order chi connectivity index (χ0) is 11.1. The minimum Gasteiger partial charge on any atom is -0.376 e. The smallest absolute Gasteiger partial charge is 0.236 e. The van der Waals surface area contributed by atoms with E-state index in [9.17, 15) is 4.79 Å². The second kappa shape index (κ2) is 6.80. The van der Waals surface area contributed by atoms with Crippen molar-refractivity contribution in [3.8, 4) is 0 Å². The maximum Gasteiger partial charge on any atom is 0.236 e. The molecule has 88 valence electrons. The number of amides is 1. The predicted octanol–water partition coefficient (Wildman–Crippen LogP) is 0.753. The minimum absolute atomic E-state index is 0.0334. The van der Waals surface area contributed by atoms with Crippen LogP contribution in [-0.2, 0) is 9.53 Å². The van der Waals surface area contributed by atoms with E-state index in [0.717, 1.165) is 32.4 Å². The Hall–Kier alpha value is -0.610. The quantitative estimate of drug-likeness (QED) is 0.735. The highest BCUT2D eigenvalue weighted by Crippen LogP contribution is 2.14. The van der Waals surface area contributed by atoms with E-state index in [4.69, 9.17) is 10.5 Å². The van der Waals surface area contributed by atoms with Crippen LogP contribution >= 0.6 is 0 Å². The lowest BCUT2D eigenvalue weighted by Crippen LogP contribution is -2.42. The Labute approximate surface area is 91.8 Å². The summed E-state index contributed by atoms with van der Waals surface area (Å²) >= 11 is 0. The highest BCUT2D eigenvalue weighted by atomic mass is 16.5. The van der Waals surface area contributed by atoms with Gasteiger partial charge in [-0.25, -0.2) is 0 Å². The summed E-state index contributed by atoms with van der Waals surface area (Å²) in [5.41, 5.74) is 5.38. The first-order valence-corrected chi connectivity index (χ1v) is 5.87. The highest BCUT2D eigenvalue weighted by molar-refractivity contribution is 5.78. The number of rotatable bonds is 5. The van der Waals surface area contributed by atoms with Gasteiger partial charge in [0.2, 0.25) is 5.91 Å². The van der Waals surface area contributed by atoms with Crippen molar-refractivity contribution in [2.24, 2.45) is 5.73 Å². The van der Waals surface area contributed by atoms with Gasteiger partial charge < -0.3 is 15.4 Å². The molecule has 0 bridgehead atoms. The summed E-state index contributed by atoms with van der Waals surface area (Å²) in [5.74, 6) is 0.0334. The number of nitrogens with zero attached hydrogens (tertiary/aromatic N) is 1. The average Bonchev–Trinajstić information content (AvgIpc) is 2.29. The van der Waals surface area contributed by atoms with Gasteiger partial charge in [-0.3, -0.25) is 4.79 Å². The summed E-state index contributed by atoms with van der Waals surface area (Å²) < 4.78 is 5.61. The van der Waals surface area contributed by atoms with Gasteiger partial charge in [0.15, 0.2) is 0 Å². The van der Waals surface area contributed by atoms with Gasteiger partial charge in [-0.1, -0.05) is 6.92 Å². The lowest BCUT2D eigenvalue weighted by molar-refractivity contribution is -0.132. The molecular formula is C11H22N2O2. The van der Waals surface area contributed by atoms with E-state index in [0.29, 0.717) is 6.54 Å². The summed E-state index contributed by atoms with van der Waals surface area (Å²) in [6, 6.07) is 0. The minimum atomic E-state index is 0.0334. The molecule has 1 rings (SSSR count). The molecule has 2 N–H and O–H groups in total. The van der Waals surface area contributed by atoms with E-state index in [-0.39, 0.29) is 18.6 Å². The lowest BCUT2D eigenvalue weighted by Gasteiger charge is -2.29. The molecule has 1 fully saturated rings. The molecule has 0 aliphatic carbocycles. The van der Waals surface area contributed by atoms with E-state index in [1.54, 1.807) is 0 Å². The van der Waals surface area contributed by atoms with Crippen LogP contribution < -0.4 is 5.73 Å². The standard InChI is InChI=1S/C11H22N2O2/c1-2-6-13(11(14)8-12)9-10-5-3-4-7-15-10/h10H,2-9,12H2,1H3. The van der Waals surface area contributed by atoms with Crippen molar-refractivity contribution in [3.63, 3.8) is 0 Å². The number of carbonyl (C=O) groups excluding carboxylic acids is 1. The summed E-state index contributed by atoms with van der Waals surface area (Å²) in [5, 5.41) is 0. The van der Waals surface area contributed by atoms with Gasteiger partial charge in [0, 0.05) is 19.7 Å². The normalized spacial score (nSPS) is 21.3. The average molecular weight is 214 g/mol. The van der Waals surface area contributed by atoms with Gasteiger partial charge in [-0.15, -0.1) is 0 Å². The summed E-state index contributed by atoms with van der Waals surface area (Å²) in [7, 11) is 0. The molecule has 1 aliphatic heterocycles. The van der Waals surface area contributed by atoms with Crippen LogP contribution in [0.1, 0.15) is 32.6 Å². The SMILES string of the molecule is CCCN(CC1CCCCO1)C(=O)CN. The molecule has 1 heterocycles. The van der Waals surface area contributed by atoms with Crippen LogP contribution in [0.25, 0.3) is 0 Å². The molecule has 0 aromatic carbocycles. The third-order valence-corrected chi connectivity index (χ3v) is 2.72. The summed E-state index contributed by atoms with van der Waals surface area (Å²) in [4.78, 5) is 13.4. The van der Waals surface area contributed by atoms with E-state index < -0.39 is 0 Å². The largest absolute Gasteiger partial charge is 0.376 e. The molecule has 0 radical (unpaired) electrons. The Morgan fingerprint density at radius 1 is 1.53 bits per heavy atom. The van der Waals surface area contributed by atoms with Crippen molar-refractivity contribution in [3.05, 3.63) is 0 Å². The molecule has 4 heteroatoms. The zero-order valence-corrected chi connectivity index (χ0v) is 9.58. The Balaban J connectivity index is 2.38. The molecule has 4 nitrogen and oxygen atoms in total. The maximum absolute atomic E-state index is 11.5. The number of ether oxygens (including phenoxy) is 1. The highest BCUT2D eigenvalue weighted by Gasteiger charge is 2.19. The molecular weight excluding hydrogens is 192 g/mol. The summed E-state index contributed by atoms with van der Waals surface area (Å²) in [6.45, 7) is 4.51. The Morgan fingerprint density at radius 3 is 2.87 bits per heavy atom. The van der Waals surface area contributed by atoms with Crippen LogP contribution in [0.15, 0.2) is 0 Å². The van der Waals surface area contributed by atoms with Crippen LogP contribution in [0, 0.1) is 0 Å². The van der Waals surface area contributed by atoms with Crippen molar-refractivity contribution in [1.82, 2.24) is 4.90 Å².